The number of carboxylic acid groups (broad SMARTS) is 1. The van der Waals surface area contributed by atoms with E-state index in [-0.39, 0.29) is 16.5 Å². The minimum absolute atomic E-state index is 0.111. The highest BCUT2D eigenvalue weighted by Crippen LogP contribution is 2.18. The van der Waals surface area contributed by atoms with Crippen LogP contribution in [0.15, 0.2) is 62.7 Å². The van der Waals surface area contributed by atoms with Gasteiger partial charge < -0.3 is 14.8 Å². The number of rotatable bonds is 2. The van der Waals surface area contributed by atoms with E-state index in [0.29, 0.717) is 11.2 Å². The maximum atomic E-state index is 12.7. The van der Waals surface area contributed by atoms with Crippen LogP contribution in [0.3, 0.4) is 0 Å². The number of aromatic nitrogens is 2. The van der Waals surface area contributed by atoms with Crippen molar-refractivity contribution in [1.29, 1.82) is 0 Å². The van der Waals surface area contributed by atoms with E-state index in [1.165, 1.54) is 18.2 Å². The highest BCUT2D eigenvalue weighted by molar-refractivity contribution is 6.01. The summed E-state index contributed by atoms with van der Waals surface area (Å²) in [5, 5.41) is 12.0. The van der Waals surface area contributed by atoms with Crippen LogP contribution in [0, 0.1) is 0 Å². The Hall–Kier alpha value is -4.14. The number of anilines is 1. The Kier molecular flexibility index (Phi) is 3.62. The van der Waals surface area contributed by atoms with Gasteiger partial charge in [-0.15, -0.1) is 0 Å². The first kappa shape index (κ1) is 16.3. The van der Waals surface area contributed by atoms with Gasteiger partial charge in [0.05, 0.1) is 11.0 Å². The predicted octanol–water partition coefficient (Wildman–Crippen LogP) is 2.21. The van der Waals surface area contributed by atoms with Crippen molar-refractivity contribution in [3.8, 4) is 0 Å². The van der Waals surface area contributed by atoms with Crippen LogP contribution in [0.5, 0.6) is 0 Å². The van der Waals surface area contributed by atoms with Crippen molar-refractivity contribution in [2.24, 2.45) is 0 Å². The van der Waals surface area contributed by atoms with E-state index in [0.717, 1.165) is 10.8 Å². The lowest BCUT2D eigenvalue weighted by molar-refractivity contribution is 0.0695. The molecule has 2 aromatic carbocycles. The van der Waals surface area contributed by atoms with Gasteiger partial charge in [0.1, 0.15) is 5.56 Å². The molecule has 9 nitrogen and oxygen atoms in total. The number of nitrogens with one attached hydrogen (secondary N) is 2. The second kappa shape index (κ2) is 5.99. The predicted molar refractivity (Wildman–Crippen MR) is 96.4 cm³/mol. The molecule has 9 heteroatoms. The van der Waals surface area contributed by atoms with Crippen molar-refractivity contribution < 1.29 is 19.1 Å². The quantitative estimate of drug-likeness (QED) is 0.498. The summed E-state index contributed by atoms with van der Waals surface area (Å²) in [5.74, 6) is -2.05. The van der Waals surface area contributed by atoms with E-state index in [4.69, 9.17) is 4.42 Å². The van der Waals surface area contributed by atoms with Crippen LogP contribution in [-0.2, 0) is 0 Å². The Morgan fingerprint density at radius 3 is 2.67 bits per heavy atom. The average molecular weight is 365 g/mol. The zero-order chi connectivity index (χ0) is 19.1. The molecule has 0 spiro atoms. The second-order valence-electron chi connectivity index (χ2n) is 5.72. The fraction of sp³-hybridized carbons (Fsp3) is 0. The number of carbonyl (C=O) groups excluding carboxylic acids is 1. The lowest BCUT2D eigenvalue weighted by atomic mass is 10.1. The molecule has 0 aliphatic carbocycles. The van der Waals surface area contributed by atoms with Crippen molar-refractivity contribution in [1.82, 2.24) is 9.55 Å². The molecule has 0 bridgehead atoms. The van der Waals surface area contributed by atoms with Crippen LogP contribution in [-0.4, -0.2) is 26.7 Å². The average Bonchev–Trinajstić information content (AvgIpc) is 3.01. The number of hydrogen-bond donors (Lipinski definition) is 3. The number of hydrogen-bond acceptors (Lipinski definition) is 5. The normalized spacial score (nSPS) is 11.0. The van der Waals surface area contributed by atoms with Crippen LogP contribution >= 0.6 is 0 Å². The summed E-state index contributed by atoms with van der Waals surface area (Å²) in [6.07, 6.45) is 0.983. The molecule has 4 aromatic rings. The van der Waals surface area contributed by atoms with E-state index < -0.39 is 28.7 Å². The van der Waals surface area contributed by atoms with Gasteiger partial charge >= 0.3 is 17.8 Å². The van der Waals surface area contributed by atoms with Crippen LogP contribution in [0.2, 0.25) is 0 Å². The maximum absolute atomic E-state index is 12.7. The van der Waals surface area contributed by atoms with Crippen molar-refractivity contribution in [3.05, 3.63) is 75.0 Å². The van der Waals surface area contributed by atoms with Crippen molar-refractivity contribution in [3.63, 3.8) is 0 Å². The molecule has 0 saturated heterocycles. The van der Waals surface area contributed by atoms with Crippen molar-refractivity contribution in [2.75, 3.05) is 5.32 Å². The Labute approximate surface area is 149 Å². The van der Waals surface area contributed by atoms with Gasteiger partial charge in [-0.05, 0) is 24.3 Å². The highest BCUT2D eigenvalue weighted by atomic mass is 16.4. The molecule has 27 heavy (non-hydrogen) atoms. The number of aromatic amines is 1. The number of para-hydroxylation sites is 1. The maximum Gasteiger partial charge on any atom is 0.417 e. The third-order valence-electron chi connectivity index (χ3n) is 4.03. The zero-order valence-corrected chi connectivity index (χ0v) is 13.6. The number of oxazole rings is 1. The zero-order valence-electron chi connectivity index (χ0n) is 13.6. The third-order valence-corrected chi connectivity index (χ3v) is 4.03. The van der Waals surface area contributed by atoms with Crippen LogP contribution in [0.25, 0.3) is 22.0 Å². The molecule has 0 unspecified atom stereocenters. The van der Waals surface area contributed by atoms with Gasteiger partial charge in [-0.25, -0.2) is 14.4 Å². The topological polar surface area (TPSA) is 134 Å². The summed E-state index contributed by atoms with van der Waals surface area (Å²) >= 11 is 0. The summed E-state index contributed by atoms with van der Waals surface area (Å²) < 4.78 is 6.00. The number of H-pyrrole nitrogens is 1. The van der Waals surface area contributed by atoms with Gasteiger partial charge in [-0.3, -0.25) is 14.3 Å². The lowest BCUT2D eigenvalue weighted by Crippen LogP contribution is -2.25. The molecule has 2 aromatic heterocycles. The number of benzene rings is 2. The second-order valence-corrected chi connectivity index (χ2v) is 5.72. The summed E-state index contributed by atoms with van der Waals surface area (Å²) in [4.78, 5) is 50.1. The number of nitrogens with zero attached hydrogens (tertiary/aromatic N) is 1. The molecule has 4 rings (SSSR count). The first-order valence-electron chi connectivity index (χ1n) is 7.76. The van der Waals surface area contributed by atoms with Crippen LogP contribution < -0.4 is 16.5 Å². The standard InChI is InChI=1S/C18H11N3O6/c22-15-10-3-1-2-4-13(10)21(8-11(15)16(23)24)17(25)19-9-5-6-12-14(7-9)27-18(26)20-12/h1-8H,(H,19,25)(H,20,26)(H,23,24). The van der Waals surface area contributed by atoms with Gasteiger partial charge in [0, 0.05) is 23.3 Å². The number of amides is 1. The van der Waals surface area contributed by atoms with Crippen LogP contribution in [0.4, 0.5) is 10.5 Å². The van der Waals surface area contributed by atoms with Crippen molar-refractivity contribution in [2.45, 2.75) is 0 Å². The van der Waals surface area contributed by atoms with Gasteiger partial charge in [0.25, 0.3) is 0 Å². The summed E-state index contributed by atoms with van der Waals surface area (Å²) in [6.45, 7) is 0. The Balaban J connectivity index is 1.81. The first-order chi connectivity index (χ1) is 12.9. The Bertz CT molecular complexity index is 1340. The van der Waals surface area contributed by atoms with E-state index in [1.54, 1.807) is 24.3 Å². The molecular weight excluding hydrogens is 354 g/mol. The summed E-state index contributed by atoms with van der Waals surface area (Å²) in [5.41, 5.74) is 0.136. The summed E-state index contributed by atoms with van der Waals surface area (Å²) in [7, 11) is 0. The number of fused-ring (bicyclic) bond motifs is 2. The smallest absolute Gasteiger partial charge is 0.417 e. The molecule has 0 aliphatic rings. The van der Waals surface area contributed by atoms with E-state index in [9.17, 15) is 24.3 Å². The molecule has 0 fully saturated rings. The number of pyridine rings is 1. The third kappa shape index (κ3) is 2.76. The van der Waals surface area contributed by atoms with Gasteiger partial charge in [0.15, 0.2) is 5.58 Å². The number of carboxylic acids is 1. The largest absolute Gasteiger partial charge is 0.477 e. The minimum atomic E-state index is -1.43. The Morgan fingerprint density at radius 2 is 1.89 bits per heavy atom. The van der Waals surface area contributed by atoms with Crippen LogP contribution in [0.1, 0.15) is 10.4 Å². The fourth-order valence-electron chi connectivity index (χ4n) is 2.81. The van der Waals surface area contributed by atoms with Gasteiger partial charge in [-0.1, -0.05) is 12.1 Å². The molecule has 0 aliphatic heterocycles. The first-order valence-corrected chi connectivity index (χ1v) is 7.76. The SMILES string of the molecule is O=C(O)c1cn(C(=O)Nc2ccc3[nH]c(=O)oc3c2)c2ccccc2c1=O. The monoisotopic (exact) mass is 365 g/mol. The molecule has 0 atom stereocenters. The molecule has 134 valence electrons. The molecule has 3 N–H and O–H groups in total. The fourth-order valence-corrected chi connectivity index (χ4v) is 2.81. The molecule has 0 saturated carbocycles. The minimum Gasteiger partial charge on any atom is -0.477 e. The summed E-state index contributed by atoms with van der Waals surface area (Å²) in [6, 6.07) is 10.1. The number of carbonyl (C=O) groups is 2. The molecule has 2 heterocycles. The lowest BCUT2D eigenvalue weighted by Gasteiger charge is -2.12. The molecule has 0 radical (unpaired) electrons. The van der Waals surface area contributed by atoms with Crippen molar-refractivity contribution >= 4 is 39.7 Å². The number of aromatic carboxylic acids is 1. The highest BCUT2D eigenvalue weighted by Gasteiger charge is 2.17. The van der Waals surface area contributed by atoms with E-state index in [1.807, 2.05) is 0 Å². The van der Waals surface area contributed by atoms with Gasteiger partial charge in [0.2, 0.25) is 5.43 Å². The molecule has 1 amide bonds. The van der Waals surface area contributed by atoms with Gasteiger partial charge in [-0.2, -0.15) is 0 Å². The van der Waals surface area contributed by atoms with E-state index >= 15 is 0 Å². The van der Waals surface area contributed by atoms with E-state index in [2.05, 4.69) is 10.3 Å². The Morgan fingerprint density at radius 1 is 1.11 bits per heavy atom. The molecular formula is C18H11N3O6.